The maximum Gasteiger partial charge on any atom is 0.0317 e. The van der Waals surface area contributed by atoms with Gasteiger partial charge in [-0.15, -0.1) is 0 Å². The lowest BCUT2D eigenvalue weighted by Gasteiger charge is -2.14. The highest BCUT2D eigenvalue weighted by Gasteiger charge is 2.44. The molecule has 1 saturated carbocycles. The van der Waals surface area contributed by atoms with Crippen LogP contribution in [0.15, 0.2) is 48.5 Å². The van der Waals surface area contributed by atoms with Crippen LogP contribution in [0.4, 0.5) is 5.69 Å². The smallest absolute Gasteiger partial charge is 0.0317 e. The minimum atomic E-state index is 0.719. The zero-order valence-electron chi connectivity index (χ0n) is 10.9. The summed E-state index contributed by atoms with van der Waals surface area (Å²) in [6, 6.07) is 17.9. The van der Waals surface area contributed by atoms with E-state index in [1.54, 1.807) is 0 Å². The zero-order valence-corrected chi connectivity index (χ0v) is 10.9. The Balaban J connectivity index is 1.50. The number of anilines is 1. The van der Waals surface area contributed by atoms with Gasteiger partial charge < -0.3 is 5.73 Å². The van der Waals surface area contributed by atoms with E-state index < -0.39 is 0 Å². The van der Waals surface area contributed by atoms with Crippen LogP contribution in [0.5, 0.6) is 0 Å². The van der Waals surface area contributed by atoms with Gasteiger partial charge in [0.25, 0.3) is 0 Å². The van der Waals surface area contributed by atoms with Gasteiger partial charge >= 0.3 is 0 Å². The molecule has 2 aliphatic rings. The molecule has 2 nitrogen and oxygen atoms in total. The van der Waals surface area contributed by atoms with E-state index in [2.05, 4.69) is 47.4 Å². The van der Waals surface area contributed by atoms with Crippen molar-refractivity contribution in [2.75, 3.05) is 5.73 Å². The van der Waals surface area contributed by atoms with Gasteiger partial charge in [-0.05, 0) is 35.2 Å². The number of nitrogens with zero attached hydrogens (tertiary/aromatic N) is 1. The molecule has 0 spiro atoms. The molecule has 19 heavy (non-hydrogen) atoms. The molecular formula is C17H18N2. The first-order chi connectivity index (χ1) is 9.31. The van der Waals surface area contributed by atoms with E-state index in [1.807, 2.05) is 6.07 Å². The van der Waals surface area contributed by atoms with Gasteiger partial charge in [-0.2, -0.15) is 0 Å². The van der Waals surface area contributed by atoms with Gasteiger partial charge in [0.15, 0.2) is 0 Å². The Morgan fingerprint density at radius 1 is 0.947 bits per heavy atom. The summed E-state index contributed by atoms with van der Waals surface area (Å²) in [6.07, 6.45) is 1.30. The summed E-state index contributed by atoms with van der Waals surface area (Å²) >= 11 is 0. The summed E-state index contributed by atoms with van der Waals surface area (Å²) in [7, 11) is 0. The first kappa shape index (κ1) is 11.1. The van der Waals surface area contributed by atoms with Crippen molar-refractivity contribution >= 4 is 5.69 Å². The summed E-state index contributed by atoms with van der Waals surface area (Å²) in [5.41, 5.74) is 11.1. The summed E-state index contributed by atoms with van der Waals surface area (Å²) in [5, 5.41) is 0. The van der Waals surface area contributed by atoms with Crippen molar-refractivity contribution < 1.29 is 0 Å². The maximum absolute atomic E-state index is 5.87. The fourth-order valence-corrected chi connectivity index (χ4v) is 3.32. The van der Waals surface area contributed by atoms with Gasteiger partial charge in [0.05, 0.1) is 0 Å². The molecule has 0 bridgehead atoms. The second kappa shape index (κ2) is 4.10. The Labute approximate surface area is 113 Å². The third-order valence-electron chi connectivity index (χ3n) is 4.43. The predicted molar refractivity (Wildman–Crippen MR) is 77.7 cm³/mol. The van der Waals surface area contributed by atoms with Gasteiger partial charge in [-0.25, -0.2) is 0 Å². The van der Waals surface area contributed by atoms with Crippen molar-refractivity contribution in [2.24, 2.45) is 0 Å². The molecule has 0 aromatic heterocycles. The lowest BCUT2D eigenvalue weighted by atomic mass is 10.1. The zero-order chi connectivity index (χ0) is 12.8. The van der Waals surface area contributed by atoms with Crippen LogP contribution in [0.25, 0.3) is 0 Å². The van der Waals surface area contributed by atoms with Crippen LogP contribution in [0, 0.1) is 0 Å². The highest BCUT2D eigenvalue weighted by atomic mass is 15.2. The molecule has 2 N–H and O–H groups in total. The molecule has 2 unspecified atom stereocenters. The average molecular weight is 250 g/mol. The van der Waals surface area contributed by atoms with Gasteiger partial charge in [0.2, 0.25) is 0 Å². The van der Waals surface area contributed by atoms with Crippen LogP contribution in [0.3, 0.4) is 0 Å². The van der Waals surface area contributed by atoms with Crippen molar-refractivity contribution in [1.82, 2.24) is 4.90 Å². The van der Waals surface area contributed by atoms with E-state index in [0.29, 0.717) is 0 Å². The van der Waals surface area contributed by atoms with Gasteiger partial charge in [0.1, 0.15) is 0 Å². The van der Waals surface area contributed by atoms with Crippen molar-refractivity contribution in [2.45, 2.75) is 31.5 Å². The molecule has 1 aliphatic heterocycles. The summed E-state index contributed by atoms with van der Waals surface area (Å²) in [4.78, 5) is 2.60. The highest BCUT2D eigenvalue weighted by molar-refractivity contribution is 5.46. The molecule has 0 amide bonds. The van der Waals surface area contributed by atoms with Crippen LogP contribution < -0.4 is 5.73 Å². The van der Waals surface area contributed by atoms with E-state index in [1.165, 1.54) is 23.1 Å². The fourth-order valence-electron chi connectivity index (χ4n) is 3.32. The molecule has 96 valence electrons. The Morgan fingerprint density at radius 2 is 1.74 bits per heavy atom. The molecule has 2 aromatic rings. The first-order valence-electron chi connectivity index (χ1n) is 6.97. The molecule has 1 aliphatic carbocycles. The van der Waals surface area contributed by atoms with E-state index >= 15 is 0 Å². The fraction of sp³-hybridized carbons (Fsp3) is 0.294. The normalized spacial score (nSPS) is 25.3. The number of hydrogen-bond donors (Lipinski definition) is 1. The molecule has 2 heteroatoms. The van der Waals surface area contributed by atoms with Crippen molar-refractivity contribution in [1.29, 1.82) is 0 Å². The molecule has 4 rings (SSSR count). The second-order valence-corrected chi connectivity index (χ2v) is 5.75. The average Bonchev–Trinajstić information content (AvgIpc) is 3.13. The minimum absolute atomic E-state index is 0.719. The Bertz CT molecular complexity index is 606. The van der Waals surface area contributed by atoms with Crippen LogP contribution in [0.2, 0.25) is 0 Å². The number of hydrogen-bond acceptors (Lipinski definition) is 2. The highest BCUT2D eigenvalue weighted by Crippen LogP contribution is 2.47. The quantitative estimate of drug-likeness (QED) is 0.830. The van der Waals surface area contributed by atoms with Crippen molar-refractivity contribution in [3.8, 4) is 0 Å². The van der Waals surface area contributed by atoms with E-state index in [-0.39, 0.29) is 0 Å². The molecule has 0 radical (unpaired) electrons. The van der Waals surface area contributed by atoms with Crippen LogP contribution in [-0.2, 0) is 13.1 Å². The largest absolute Gasteiger partial charge is 0.399 e. The number of rotatable bonds is 2. The predicted octanol–water partition coefficient (Wildman–Crippen LogP) is 3.14. The second-order valence-electron chi connectivity index (χ2n) is 5.75. The summed E-state index contributed by atoms with van der Waals surface area (Å²) in [6.45, 7) is 2.15. The number of benzene rings is 2. The van der Waals surface area contributed by atoms with Crippen molar-refractivity contribution in [3.05, 3.63) is 65.2 Å². The third-order valence-corrected chi connectivity index (χ3v) is 4.43. The van der Waals surface area contributed by atoms with E-state index in [9.17, 15) is 0 Å². The first-order valence-corrected chi connectivity index (χ1v) is 6.97. The third kappa shape index (κ3) is 1.92. The van der Waals surface area contributed by atoms with E-state index in [0.717, 1.165) is 30.7 Å². The van der Waals surface area contributed by atoms with E-state index in [4.69, 9.17) is 5.73 Å². The standard InChI is InChI=1S/C17H18N2/c18-15-7-6-13-10-19(11-14(13)8-15)17-9-16(17)12-4-2-1-3-5-12/h1-8,16-17H,9-11,18H2. The van der Waals surface area contributed by atoms with Crippen LogP contribution in [-0.4, -0.2) is 10.9 Å². The summed E-state index contributed by atoms with van der Waals surface area (Å²) in [5.74, 6) is 0.729. The van der Waals surface area contributed by atoms with Crippen LogP contribution >= 0.6 is 0 Å². The number of nitrogens with two attached hydrogens (primary N) is 1. The van der Waals surface area contributed by atoms with Gasteiger partial charge in [0, 0.05) is 30.7 Å². The minimum Gasteiger partial charge on any atom is -0.399 e. The van der Waals surface area contributed by atoms with Gasteiger partial charge in [-0.1, -0.05) is 36.4 Å². The lowest BCUT2D eigenvalue weighted by Crippen LogP contribution is -2.20. The molecule has 1 heterocycles. The maximum atomic E-state index is 5.87. The molecule has 2 aromatic carbocycles. The SMILES string of the molecule is Nc1ccc2c(c1)CN(C1CC1c1ccccc1)C2. The molecular weight excluding hydrogens is 232 g/mol. The Hall–Kier alpha value is -1.80. The molecule has 2 atom stereocenters. The monoisotopic (exact) mass is 250 g/mol. The Morgan fingerprint density at radius 3 is 2.58 bits per heavy atom. The molecule has 1 fully saturated rings. The number of nitrogen functional groups attached to an aromatic ring is 1. The van der Waals surface area contributed by atoms with Gasteiger partial charge in [-0.3, -0.25) is 4.90 Å². The topological polar surface area (TPSA) is 29.3 Å². The van der Waals surface area contributed by atoms with Crippen molar-refractivity contribution in [3.63, 3.8) is 0 Å². The lowest BCUT2D eigenvalue weighted by molar-refractivity contribution is 0.268. The number of fused-ring (bicyclic) bond motifs is 1. The summed E-state index contributed by atoms with van der Waals surface area (Å²) < 4.78 is 0. The van der Waals surface area contributed by atoms with Crippen LogP contribution in [0.1, 0.15) is 29.0 Å². The molecule has 0 saturated heterocycles. The Kier molecular flexibility index (Phi) is 2.39.